The smallest absolute Gasteiger partial charge is 0.306 e. The third-order valence-electron chi connectivity index (χ3n) is 13.9. The molecule has 0 fully saturated rings. The van der Waals surface area contributed by atoms with E-state index in [0.717, 1.165) is 70.6 Å². The van der Waals surface area contributed by atoms with Crippen LogP contribution in [0.1, 0.15) is 342 Å². The van der Waals surface area contributed by atoms with Crippen LogP contribution in [0.5, 0.6) is 0 Å². The highest BCUT2D eigenvalue weighted by atomic mass is 16.6. The van der Waals surface area contributed by atoms with Crippen molar-refractivity contribution < 1.29 is 28.6 Å². The SMILES string of the molecule is CCCCC/C=C\CCCCCCCC(=O)OCC(COC(=O)CCCCCCCCCCCCCCCCCCCCCCCCC)OC(=O)CCCCCCC/C=C\CCCCCCCCC. The fraction of sp³-hybridized carbons (Fsp3) is 0.889. The summed E-state index contributed by atoms with van der Waals surface area (Å²) in [5.74, 6) is -0.869. The first-order chi connectivity index (χ1) is 34.0. The average Bonchev–Trinajstić information content (AvgIpc) is 3.35. The summed E-state index contributed by atoms with van der Waals surface area (Å²) in [5.41, 5.74) is 0. The molecule has 0 rings (SSSR count). The van der Waals surface area contributed by atoms with Gasteiger partial charge in [-0.3, -0.25) is 14.4 Å². The van der Waals surface area contributed by atoms with Crippen molar-refractivity contribution >= 4 is 17.9 Å². The van der Waals surface area contributed by atoms with E-state index in [2.05, 4.69) is 45.1 Å². The summed E-state index contributed by atoms with van der Waals surface area (Å²) in [4.78, 5) is 38.2. The number of esters is 3. The molecule has 0 N–H and O–H groups in total. The lowest BCUT2D eigenvalue weighted by Gasteiger charge is -2.18. The molecule has 0 aromatic rings. The van der Waals surface area contributed by atoms with Crippen molar-refractivity contribution in [3.8, 4) is 0 Å². The Bertz CT molecular complexity index is 1110. The van der Waals surface area contributed by atoms with Crippen LogP contribution in [-0.4, -0.2) is 37.2 Å². The van der Waals surface area contributed by atoms with Crippen LogP contribution in [0.25, 0.3) is 0 Å². The zero-order valence-corrected chi connectivity index (χ0v) is 46.6. The maximum atomic E-state index is 12.9. The summed E-state index contributed by atoms with van der Waals surface area (Å²) < 4.78 is 16.9. The van der Waals surface area contributed by atoms with Crippen molar-refractivity contribution in [1.29, 1.82) is 0 Å². The van der Waals surface area contributed by atoms with Crippen LogP contribution in [-0.2, 0) is 28.6 Å². The van der Waals surface area contributed by atoms with Crippen molar-refractivity contribution in [2.75, 3.05) is 13.2 Å². The summed E-state index contributed by atoms with van der Waals surface area (Å²) in [5, 5.41) is 0. The van der Waals surface area contributed by atoms with E-state index in [0.29, 0.717) is 19.3 Å². The van der Waals surface area contributed by atoms with Crippen molar-refractivity contribution in [2.45, 2.75) is 348 Å². The van der Waals surface area contributed by atoms with Crippen molar-refractivity contribution in [2.24, 2.45) is 0 Å². The molecule has 69 heavy (non-hydrogen) atoms. The van der Waals surface area contributed by atoms with Gasteiger partial charge in [-0.2, -0.15) is 0 Å². The third kappa shape index (κ3) is 56.7. The van der Waals surface area contributed by atoms with E-state index in [1.807, 2.05) is 0 Å². The first-order valence-electron chi connectivity index (χ1n) is 30.8. The van der Waals surface area contributed by atoms with Gasteiger partial charge in [-0.25, -0.2) is 0 Å². The van der Waals surface area contributed by atoms with E-state index in [-0.39, 0.29) is 31.1 Å². The molecule has 0 aromatic heterocycles. The third-order valence-corrected chi connectivity index (χ3v) is 13.9. The first kappa shape index (κ1) is 66.9. The molecule has 0 amide bonds. The van der Waals surface area contributed by atoms with Crippen LogP contribution in [0, 0.1) is 0 Å². The molecule has 0 aromatic carbocycles. The van der Waals surface area contributed by atoms with Gasteiger partial charge in [-0.05, 0) is 70.6 Å². The van der Waals surface area contributed by atoms with E-state index in [9.17, 15) is 14.4 Å². The molecule has 1 atom stereocenters. The second-order valence-corrected chi connectivity index (χ2v) is 21.0. The summed E-state index contributed by atoms with van der Waals surface area (Å²) in [6.45, 7) is 6.65. The largest absolute Gasteiger partial charge is 0.462 e. The van der Waals surface area contributed by atoms with E-state index >= 15 is 0 Å². The minimum Gasteiger partial charge on any atom is -0.462 e. The van der Waals surface area contributed by atoms with Crippen LogP contribution in [0.3, 0.4) is 0 Å². The Morgan fingerprint density at radius 3 is 0.754 bits per heavy atom. The Hall–Kier alpha value is -2.11. The van der Waals surface area contributed by atoms with Gasteiger partial charge < -0.3 is 14.2 Å². The van der Waals surface area contributed by atoms with E-state index in [1.165, 1.54) is 231 Å². The highest BCUT2D eigenvalue weighted by Gasteiger charge is 2.19. The van der Waals surface area contributed by atoms with Gasteiger partial charge in [0, 0.05) is 19.3 Å². The summed E-state index contributed by atoms with van der Waals surface area (Å²) >= 11 is 0. The normalized spacial score (nSPS) is 12.1. The van der Waals surface area contributed by atoms with Crippen molar-refractivity contribution in [3.05, 3.63) is 24.3 Å². The van der Waals surface area contributed by atoms with Gasteiger partial charge in [0.15, 0.2) is 6.10 Å². The molecule has 0 heterocycles. The molecule has 0 aliphatic heterocycles. The lowest BCUT2D eigenvalue weighted by atomic mass is 10.0. The highest BCUT2D eigenvalue weighted by Crippen LogP contribution is 2.17. The minimum atomic E-state index is -0.775. The maximum Gasteiger partial charge on any atom is 0.306 e. The number of carbonyl (C=O) groups excluding carboxylic acids is 3. The van der Waals surface area contributed by atoms with Gasteiger partial charge in [-0.1, -0.05) is 276 Å². The summed E-state index contributed by atoms with van der Waals surface area (Å²) in [7, 11) is 0. The Morgan fingerprint density at radius 1 is 0.275 bits per heavy atom. The summed E-state index contributed by atoms with van der Waals surface area (Å²) in [6, 6.07) is 0. The van der Waals surface area contributed by atoms with Gasteiger partial charge in [-0.15, -0.1) is 0 Å². The molecule has 406 valence electrons. The Kier molecular flexibility index (Phi) is 56.7. The zero-order chi connectivity index (χ0) is 50.0. The van der Waals surface area contributed by atoms with Gasteiger partial charge >= 0.3 is 17.9 Å². The summed E-state index contributed by atoms with van der Waals surface area (Å²) in [6.07, 6.45) is 69.0. The molecule has 0 spiro atoms. The van der Waals surface area contributed by atoms with Crippen molar-refractivity contribution in [1.82, 2.24) is 0 Å². The number of hydrogen-bond donors (Lipinski definition) is 0. The predicted molar refractivity (Wildman–Crippen MR) is 298 cm³/mol. The van der Waals surface area contributed by atoms with Gasteiger partial charge in [0.2, 0.25) is 0 Å². The van der Waals surface area contributed by atoms with Crippen LogP contribution < -0.4 is 0 Å². The Morgan fingerprint density at radius 2 is 0.478 bits per heavy atom. The zero-order valence-electron chi connectivity index (χ0n) is 46.6. The van der Waals surface area contributed by atoms with E-state index in [1.54, 1.807) is 0 Å². The van der Waals surface area contributed by atoms with E-state index in [4.69, 9.17) is 14.2 Å². The van der Waals surface area contributed by atoms with Crippen LogP contribution >= 0.6 is 0 Å². The first-order valence-corrected chi connectivity index (χ1v) is 30.8. The van der Waals surface area contributed by atoms with Gasteiger partial charge in [0.25, 0.3) is 0 Å². The molecule has 0 radical (unpaired) electrons. The second kappa shape index (κ2) is 58.5. The molecular formula is C63H118O6. The average molecular weight is 972 g/mol. The number of hydrogen-bond acceptors (Lipinski definition) is 6. The Balaban J connectivity index is 4.24. The highest BCUT2D eigenvalue weighted by molar-refractivity contribution is 5.71. The van der Waals surface area contributed by atoms with Crippen LogP contribution in [0.4, 0.5) is 0 Å². The second-order valence-electron chi connectivity index (χ2n) is 21.0. The molecule has 0 bridgehead atoms. The molecule has 1 unspecified atom stereocenters. The minimum absolute atomic E-state index is 0.0727. The maximum absolute atomic E-state index is 12.9. The molecule has 0 aliphatic rings. The standard InChI is InChI=1S/C63H118O6/c1-4-7-10-13-16-19-22-25-27-29-30-31-32-33-34-35-37-38-41-44-47-50-53-56-62(65)68-59-60(58-67-61(64)55-52-49-46-43-40-24-21-18-15-12-9-6-3)69-63(66)57-54-51-48-45-42-39-36-28-26-23-20-17-14-11-8-5-2/h18,21,28,36,60H,4-17,19-20,22-27,29-35,37-59H2,1-3H3/b21-18-,36-28-. The molecule has 6 heteroatoms. The number of allylic oxidation sites excluding steroid dienone is 4. The molecule has 6 nitrogen and oxygen atoms in total. The number of carbonyl (C=O) groups is 3. The topological polar surface area (TPSA) is 78.9 Å². The van der Waals surface area contributed by atoms with Crippen LogP contribution in [0.15, 0.2) is 24.3 Å². The fourth-order valence-electron chi connectivity index (χ4n) is 9.26. The number of unbranched alkanes of at least 4 members (excludes halogenated alkanes) is 42. The number of ether oxygens (including phenoxy) is 3. The quantitative estimate of drug-likeness (QED) is 0.0261. The predicted octanol–water partition coefficient (Wildman–Crippen LogP) is 20.7. The monoisotopic (exact) mass is 971 g/mol. The van der Waals surface area contributed by atoms with Crippen molar-refractivity contribution in [3.63, 3.8) is 0 Å². The lowest BCUT2D eigenvalue weighted by molar-refractivity contribution is -0.167. The lowest BCUT2D eigenvalue weighted by Crippen LogP contribution is -2.30. The Labute approximate surface area is 430 Å². The molecule has 0 saturated heterocycles. The molecule has 0 aliphatic carbocycles. The van der Waals surface area contributed by atoms with E-state index < -0.39 is 6.10 Å². The molecular weight excluding hydrogens is 853 g/mol. The van der Waals surface area contributed by atoms with Gasteiger partial charge in [0.1, 0.15) is 13.2 Å². The van der Waals surface area contributed by atoms with Crippen LogP contribution in [0.2, 0.25) is 0 Å². The molecule has 0 saturated carbocycles. The number of rotatable bonds is 57. The van der Waals surface area contributed by atoms with Gasteiger partial charge in [0.05, 0.1) is 0 Å². The fourth-order valence-corrected chi connectivity index (χ4v) is 9.26.